The second-order valence-electron chi connectivity index (χ2n) is 14.0. The van der Waals surface area contributed by atoms with E-state index in [9.17, 15) is 4.79 Å². The third-order valence-corrected chi connectivity index (χ3v) is 10.6. The number of carbonyl (C=O) groups is 1. The van der Waals surface area contributed by atoms with Crippen LogP contribution in [0.3, 0.4) is 0 Å². The number of fused-ring (bicyclic) bond motifs is 4. The first-order valence-electron chi connectivity index (χ1n) is 17.9. The number of benzene rings is 7. The number of hydrogen-bond acceptors (Lipinski definition) is 3. The smallest absolute Gasteiger partial charge is 0.193 e. The summed E-state index contributed by atoms with van der Waals surface area (Å²) in [5.41, 5.74) is 14.6. The lowest BCUT2D eigenvalue weighted by Gasteiger charge is -2.13. The molecule has 0 bridgehead atoms. The molecule has 0 saturated heterocycles. The predicted molar refractivity (Wildman–Crippen MR) is 228 cm³/mol. The van der Waals surface area contributed by atoms with Crippen molar-refractivity contribution >= 4 is 72.6 Å². The summed E-state index contributed by atoms with van der Waals surface area (Å²) in [4.78, 5) is 22.5. The molecule has 0 atom stereocenters. The average molecular weight is 740 g/mol. The zero-order valence-corrected chi connectivity index (χ0v) is 31.9. The van der Waals surface area contributed by atoms with Crippen LogP contribution in [0.4, 0.5) is 0 Å². The van der Waals surface area contributed by atoms with Crippen molar-refractivity contribution in [2.45, 2.75) is 27.7 Å². The van der Waals surface area contributed by atoms with Crippen molar-refractivity contribution in [3.05, 3.63) is 189 Å². The summed E-state index contributed by atoms with van der Waals surface area (Å²) in [6.07, 6.45) is 0. The average Bonchev–Trinajstić information content (AvgIpc) is 3.18. The summed E-state index contributed by atoms with van der Waals surface area (Å²) in [5, 5.41) is 5.66. The number of aromatic nitrogens is 2. The maximum Gasteiger partial charge on any atom is 0.193 e. The van der Waals surface area contributed by atoms with Gasteiger partial charge in [-0.25, -0.2) is 9.97 Å². The Balaban J connectivity index is 0.000000157. The lowest BCUT2D eigenvalue weighted by atomic mass is 9.93. The lowest BCUT2D eigenvalue weighted by molar-refractivity contribution is 0.103. The molecule has 2 heterocycles. The van der Waals surface area contributed by atoms with E-state index in [0.717, 1.165) is 60.3 Å². The minimum absolute atomic E-state index is 0.0401. The van der Waals surface area contributed by atoms with Crippen LogP contribution >= 0.6 is 23.2 Å². The molecule has 54 heavy (non-hydrogen) atoms. The van der Waals surface area contributed by atoms with Crippen molar-refractivity contribution in [2.75, 3.05) is 0 Å². The highest BCUT2D eigenvalue weighted by Crippen LogP contribution is 2.39. The molecule has 0 aliphatic heterocycles. The van der Waals surface area contributed by atoms with Crippen molar-refractivity contribution in [1.29, 1.82) is 0 Å². The van der Waals surface area contributed by atoms with Crippen molar-refractivity contribution in [2.24, 2.45) is 0 Å². The van der Waals surface area contributed by atoms with Gasteiger partial charge in [0.05, 0.1) is 32.1 Å². The monoisotopic (exact) mass is 738 g/mol. The van der Waals surface area contributed by atoms with Gasteiger partial charge < -0.3 is 0 Å². The van der Waals surface area contributed by atoms with E-state index in [4.69, 9.17) is 33.2 Å². The Morgan fingerprint density at radius 1 is 0.407 bits per heavy atom. The molecule has 7 aromatic carbocycles. The maximum atomic E-state index is 12.8. The molecule has 0 unspecified atom stereocenters. The molecule has 2 aromatic heterocycles. The van der Waals surface area contributed by atoms with E-state index in [1.54, 1.807) is 0 Å². The molecule has 9 rings (SSSR count). The van der Waals surface area contributed by atoms with Gasteiger partial charge in [0.25, 0.3) is 0 Å². The summed E-state index contributed by atoms with van der Waals surface area (Å²) < 4.78 is 0. The molecule has 0 aliphatic rings. The highest BCUT2D eigenvalue weighted by atomic mass is 35.5. The minimum Gasteiger partial charge on any atom is -0.289 e. The quantitative estimate of drug-likeness (QED) is 0.133. The minimum atomic E-state index is 0.0401. The van der Waals surface area contributed by atoms with Gasteiger partial charge in [-0.05, 0) is 99.5 Å². The molecule has 0 aliphatic carbocycles. The summed E-state index contributed by atoms with van der Waals surface area (Å²) in [7, 11) is 0. The number of halogens is 2. The van der Waals surface area contributed by atoms with Crippen molar-refractivity contribution < 1.29 is 4.79 Å². The van der Waals surface area contributed by atoms with E-state index in [1.807, 2.05) is 60.7 Å². The summed E-state index contributed by atoms with van der Waals surface area (Å²) in [5.74, 6) is 0.0401. The van der Waals surface area contributed by atoms with Crippen molar-refractivity contribution in [3.8, 4) is 22.3 Å². The van der Waals surface area contributed by atoms with Gasteiger partial charge in [-0.2, -0.15) is 0 Å². The van der Waals surface area contributed by atoms with Crippen molar-refractivity contribution in [3.63, 3.8) is 0 Å². The number of aryl methyl sites for hydroxylation is 4. The van der Waals surface area contributed by atoms with E-state index in [-0.39, 0.29) is 5.78 Å². The molecular formula is C49H36Cl2N2O. The summed E-state index contributed by atoms with van der Waals surface area (Å²) in [6.45, 7) is 8.40. The Labute approximate surface area is 324 Å². The topological polar surface area (TPSA) is 42.9 Å². The molecule has 0 spiro atoms. The van der Waals surface area contributed by atoms with Crippen LogP contribution in [0.1, 0.15) is 38.2 Å². The van der Waals surface area contributed by atoms with E-state index < -0.39 is 0 Å². The van der Waals surface area contributed by atoms with Crippen LogP contribution < -0.4 is 0 Å². The Hall–Kier alpha value is -5.87. The highest BCUT2D eigenvalue weighted by Gasteiger charge is 2.15. The fraction of sp³-hybridized carbons (Fsp3) is 0.0816. The highest BCUT2D eigenvalue weighted by molar-refractivity contribution is 6.42. The van der Waals surface area contributed by atoms with Gasteiger partial charge in [0.15, 0.2) is 5.78 Å². The van der Waals surface area contributed by atoms with E-state index in [2.05, 4.69) is 113 Å². The third-order valence-electron chi connectivity index (χ3n) is 9.85. The molecule has 3 nitrogen and oxygen atoms in total. The van der Waals surface area contributed by atoms with Gasteiger partial charge in [0.1, 0.15) is 0 Å². The number of carbonyl (C=O) groups excluding carboxylic acids is 1. The van der Waals surface area contributed by atoms with Crippen LogP contribution in [0.2, 0.25) is 10.0 Å². The molecule has 0 saturated carbocycles. The Bertz CT molecular complexity index is 2780. The molecule has 0 N–H and O–H groups in total. The van der Waals surface area contributed by atoms with E-state index in [0.29, 0.717) is 21.2 Å². The molecule has 0 amide bonds. The van der Waals surface area contributed by atoms with Gasteiger partial charge in [-0.1, -0.05) is 130 Å². The van der Waals surface area contributed by atoms with Crippen LogP contribution in [0.5, 0.6) is 0 Å². The second-order valence-corrected chi connectivity index (χ2v) is 14.8. The zero-order valence-electron chi connectivity index (χ0n) is 30.4. The molecule has 262 valence electrons. The molecule has 5 heteroatoms. The van der Waals surface area contributed by atoms with Crippen LogP contribution in [0.25, 0.3) is 65.9 Å². The maximum absolute atomic E-state index is 12.8. The zero-order chi connectivity index (χ0) is 37.5. The second kappa shape index (κ2) is 14.5. The van der Waals surface area contributed by atoms with Gasteiger partial charge in [-0.15, -0.1) is 0 Å². The first-order valence-corrected chi connectivity index (χ1v) is 18.7. The molecule has 9 aromatic rings. The Morgan fingerprint density at radius 3 is 1.22 bits per heavy atom. The van der Waals surface area contributed by atoms with Crippen LogP contribution in [-0.4, -0.2) is 15.8 Å². The van der Waals surface area contributed by atoms with Crippen LogP contribution in [0.15, 0.2) is 146 Å². The number of rotatable bonds is 4. The number of pyridine rings is 2. The normalized spacial score (nSPS) is 11.2. The first-order chi connectivity index (χ1) is 26.1. The number of hydrogen-bond donors (Lipinski definition) is 0. The third kappa shape index (κ3) is 6.85. The van der Waals surface area contributed by atoms with Gasteiger partial charge in [0, 0.05) is 43.8 Å². The van der Waals surface area contributed by atoms with Gasteiger partial charge in [-0.3, -0.25) is 4.79 Å². The standard InChI is InChI=1S/C28H21NO.C21H15Cl2N/c1-18-8-14-25-23(16-18)27(24-17-19(2)9-15-26(24)29-25)20-10-12-22(13-11-20)28(30)21-6-4-3-5-7-21;1-12-3-7-19-15(9-12)21(14-5-6-17(22)18(23)11-14)16-10-13(2)4-8-20(16)24-19/h3-17H,1-2H3;3-11H,1-2H3. The molecular weight excluding hydrogens is 703 g/mol. The van der Waals surface area contributed by atoms with Gasteiger partial charge in [0.2, 0.25) is 0 Å². The Morgan fingerprint density at radius 2 is 0.796 bits per heavy atom. The SMILES string of the molecule is Cc1ccc2nc3ccc(C)cc3c(-c3ccc(C(=O)c4ccccc4)cc3)c2c1.Cc1ccc2nc3ccc(C)cc3c(-c3ccc(Cl)c(Cl)c3)c2c1. The molecule has 0 fully saturated rings. The first kappa shape index (κ1) is 35.2. The lowest BCUT2D eigenvalue weighted by Crippen LogP contribution is -2.00. The number of ketones is 1. The van der Waals surface area contributed by atoms with Gasteiger partial charge >= 0.3 is 0 Å². The largest absolute Gasteiger partial charge is 0.289 e. The predicted octanol–water partition coefficient (Wildman–Crippen LogP) is 13.9. The molecule has 0 radical (unpaired) electrons. The van der Waals surface area contributed by atoms with Crippen molar-refractivity contribution in [1.82, 2.24) is 9.97 Å². The number of nitrogens with zero attached hydrogens (tertiary/aromatic N) is 2. The fourth-order valence-corrected chi connectivity index (χ4v) is 7.46. The Kier molecular flexibility index (Phi) is 9.45. The summed E-state index contributed by atoms with van der Waals surface area (Å²) >= 11 is 12.4. The fourth-order valence-electron chi connectivity index (χ4n) is 7.16. The van der Waals surface area contributed by atoms with E-state index >= 15 is 0 Å². The van der Waals surface area contributed by atoms with Crippen LogP contribution in [0, 0.1) is 27.7 Å². The summed E-state index contributed by atoms with van der Waals surface area (Å²) in [6, 6.07) is 48.6. The van der Waals surface area contributed by atoms with Crippen LogP contribution in [-0.2, 0) is 0 Å². The van der Waals surface area contributed by atoms with E-state index in [1.165, 1.54) is 27.8 Å².